The van der Waals surface area contributed by atoms with Gasteiger partial charge in [-0.25, -0.2) is 4.79 Å². The van der Waals surface area contributed by atoms with Crippen LogP contribution in [-0.2, 0) is 4.74 Å². The molecule has 0 aromatic carbocycles. The van der Waals surface area contributed by atoms with Crippen LogP contribution in [0.2, 0.25) is 0 Å². The van der Waals surface area contributed by atoms with Crippen molar-refractivity contribution in [1.29, 1.82) is 0 Å². The molecule has 4 unspecified atom stereocenters. The molecule has 2 saturated heterocycles. The number of carbonyl (C=O) groups excluding carboxylic acids is 1. The molecule has 5 heteroatoms. The maximum Gasteiger partial charge on any atom is 0.410 e. The van der Waals surface area contributed by atoms with Crippen molar-refractivity contribution in [3.63, 3.8) is 0 Å². The molecule has 0 aromatic rings. The molecule has 0 spiro atoms. The molecular formula is C19H37N3O2. The van der Waals surface area contributed by atoms with Crippen molar-refractivity contribution < 1.29 is 9.53 Å². The van der Waals surface area contributed by atoms with Crippen molar-refractivity contribution in [1.82, 2.24) is 15.5 Å². The van der Waals surface area contributed by atoms with Crippen LogP contribution in [0.4, 0.5) is 4.79 Å². The van der Waals surface area contributed by atoms with E-state index in [9.17, 15) is 4.79 Å². The highest BCUT2D eigenvalue weighted by molar-refractivity contribution is 5.68. The maximum atomic E-state index is 12.3. The van der Waals surface area contributed by atoms with E-state index in [1.165, 1.54) is 32.2 Å². The number of carbonyl (C=O) groups is 1. The predicted molar refractivity (Wildman–Crippen MR) is 98.3 cm³/mol. The molecule has 4 atom stereocenters. The standard InChI is InChI=1S/C19H37N3O2/c1-14(12-16-8-6-7-10-20-16)21-17-9-11-22(15(2)13-17)18(23)24-19(3,4)5/h14-17,20-21H,6-13H2,1-5H3. The third-order valence-corrected chi connectivity index (χ3v) is 5.07. The first-order valence-electron chi connectivity index (χ1n) is 9.73. The van der Waals surface area contributed by atoms with Crippen LogP contribution in [-0.4, -0.2) is 53.9 Å². The second kappa shape index (κ2) is 8.52. The van der Waals surface area contributed by atoms with Crippen LogP contribution in [0.3, 0.4) is 0 Å². The molecule has 2 heterocycles. The van der Waals surface area contributed by atoms with Crippen molar-refractivity contribution in [3.05, 3.63) is 0 Å². The van der Waals surface area contributed by atoms with Gasteiger partial charge in [-0.05, 0) is 73.3 Å². The monoisotopic (exact) mass is 339 g/mol. The fourth-order valence-electron chi connectivity index (χ4n) is 3.94. The molecule has 5 nitrogen and oxygen atoms in total. The molecular weight excluding hydrogens is 302 g/mol. The molecule has 2 N–H and O–H groups in total. The molecule has 0 radical (unpaired) electrons. The average molecular weight is 340 g/mol. The van der Waals surface area contributed by atoms with E-state index in [2.05, 4.69) is 24.5 Å². The molecule has 0 aromatic heterocycles. The zero-order valence-electron chi connectivity index (χ0n) is 16.2. The predicted octanol–water partition coefficient (Wildman–Crippen LogP) is 3.28. The molecule has 0 bridgehead atoms. The lowest BCUT2D eigenvalue weighted by atomic mass is 9.95. The van der Waals surface area contributed by atoms with Gasteiger partial charge in [0.1, 0.15) is 5.60 Å². The number of nitrogens with zero attached hydrogens (tertiary/aromatic N) is 1. The highest BCUT2D eigenvalue weighted by atomic mass is 16.6. The minimum Gasteiger partial charge on any atom is -0.444 e. The molecule has 2 aliphatic heterocycles. The summed E-state index contributed by atoms with van der Waals surface area (Å²) in [6.45, 7) is 12.1. The summed E-state index contributed by atoms with van der Waals surface area (Å²) in [4.78, 5) is 14.2. The number of piperidine rings is 2. The summed E-state index contributed by atoms with van der Waals surface area (Å²) in [5.74, 6) is 0. The van der Waals surface area contributed by atoms with Gasteiger partial charge in [-0.1, -0.05) is 6.42 Å². The quantitative estimate of drug-likeness (QED) is 0.825. The summed E-state index contributed by atoms with van der Waals surface area (Å²) in [5.41, 5.74) is -0.423. The van der Waals surface area contributed by atoms with E-state index in [1.54, 1.807) is 0 Å². The normalized spacial score (nSPS) is 30.0. The number of amides is 1. The van der Waals surface area contributed by atoms with Gasteiger partial charge >= 0.3 is 6.09 Å². The number of rotatable bonds is 4. The van der Waals surface area contributed by atoms with Crippen molar-refractivity contribution in [2.45, 2.75) is 103 Å². The van der Waals surface area contributed by atoms with Crippen LogP contribution in [0.25, 0.3) is 0 Å². The molecule has 0 aliphatic carbocycles. The van der Waals surface area contributed by atoms with Crippen molar-refractivity contribution in [2.75, 3.05) is 13.1 Å². The van der Waals surface area contributed by atoms with E-state index >= 15 is 0 Å². The van der Waals surface area contributed by atoms with E-state index in [4.69, 9.17) is 4.74 Å². The van der Waals surface area contributed by atoms with Crippen LogP contribution in [0.1, 0.15) is 73.1 Å². The topological polar surface area (TPSA) is 53.6 Å². The Bertz CT molecular complexity index is 402. The van der Waals surface area contributed by atoms with E-state index in [1.807, 2.05) is 25.7 Å². The first kappa shape index (κ1) is 19.5. The van der Waals surface area contributed by atoms with Crippen LogP contribution >= 0.6 is 0 Å². The summed E-state index contributed by atoms with van der Waals surface area (Å²) in [7, 11) is 0. The van der Waals surface area contributed by atoms with E-state index in [0.29, 0.717) is 18.1 Å². The van der Waals surface area contributed by atoms with Gasteiger partial charge in [0.05, 0.1) is 0 Å². The fourth-order valence-corrected chi connectivity index (χ4v) is 3.94. The zero-order valence-corrected chi connectivity index (χ0v) is 16.2. The second-order valence-electron chi connectivity index (χ2n) is 8.69. The Morgan fingerprint density at radius 2 is 2.08 bits per heavy atom. The lowest BCUT2D eigenvalue weighted by Crippen LogP contribution is -2.53. The van der Waals surface area contributed by atoms with Crippen LogP contribution < -0.4 is 10.6 Å². The molecule has 0 saturated carbocycles. The average Bonchev–Trinajstić information content (AvgIpc) is 2.46. The first-order chi connectivity index (χ1) is 11.2. The number of nitrogens with one attached hydrogen (secondary N) is 2. The fraction of sp³-hybridized carbons (Fsp3) is 0.947. The smallest absolute Gasteiger partial charge is 0.410 e. The molecule has 2 fully saturated rings. The Morgan fingerprint density at radius 1 is 1.33 bits per heavy atom. The van der Waals surface area contributed by atoms with E-state index < -0.39 is 5.60 Å². The van der Waals surface area contributed by atoms with E-state index in [-0.39, 0.29) is 12.1 Å². The molecule has 2 rings (SSSR count). The van der Waals surface area contributed by atoms with Crippen LogP contribution in [0, 0.1) is 0 Å². The van der Waals surface area contributed by atoms with Gasteiger partial charge in [0.15, 0.2) is 0 Å². The summed E-state index contributed by atoms with van der Waals surface area (Å²) in [5, 5.41) is 7.42. The van der Waals surface area contributed by atoms with E-state index in [0.717, 1.165) is 19.4 Å². The molecule has 1 amide bonds. The number of likely N-dealkylation sites (tertiary alicyclic amines) is 1. The number of hydrogen-bond donors (Lipinski definition) is 2. The van der Waals surface area contributed by atoms with Crippen molar-refractivity contribution in [2.24, 2.45) is 0 Å². The molecule has 24 heavy (non-hydrogen) atoms. The third-order valence-electron chi connectivity index (χ3n) is 5.07. The largest absolute Gasteiger partial charge is 0.444 e. The maximum absolute atomic E-state index is 12.3. The van der Waals surface area contributed by atoms with Gasteiger partial charge in [0, 0.05) is 30.7 Å². The summed E-state index contributed by atoms with van der Waals surface area (Å²) in [6, 6.07) is 1.91. The SMILES string of the molecule is CC(CC1CCCCN1)NC1CCN(C(=O)OC(C)(C)C)C(C)C1. The minimum atomic E-state index is -0.423. The molecule has 2 aliphatic rings. The first-order valence-corrected chi connectivity index (χ1v) is 9.73. The van der Waals surface area contributed by atoms with Gasteiger partial charge in [-0.15, -0.1) is 0 Å². The Kier molecular flexibility index (Phi) is 6.93. The Labute approximate surface area is 147 Å². The minimum absolute atomic E-state index is 0.173. The van der Waals surface area contributed by atoms with Gasteiger partial charge in [0.25, 0.3) is 0 Å². The Hall–Kier alpha value is -0.810. The summed E-state index contributed by atoms with van der Waals surface area (Å²) < 4.78 is 5.52. The highest BCUT2D eigenvalue weighted by Gasteiger charge is 2.32. The molecule has 140 valence electrons. The van der Waals surface area contributed by atoms with Gasteiger partial charge in [-0.3, -0.25) is 0 Å². The lowest BCUT2D eigenvalue weighted by molar-refractivity contribution is 0.00900. The Morgan fingerprint density at radius 3 is 2.67 bits per heavy atom. The number of ether oxygens (including phenoxy) is 1. The van der Waals surface area contributed by atoms with Crippen molar-refractivity contribution in [3.8, 4) is 0 Å². The van der Waals surface area contributed by atoms with Gasteiger partial charge in [-0.2, -0.15) is 0 Å². The summed E-state index contributed by atoms with van der Waals surface area (Å²) in [6.07, 6.45) is 7.01. The Balaban J connectivity index is 1.74. The lowest BCUT2D eigenvalue weighted by Gasteiger charge is -2.39. The van der Waals surface area contributed by atoms with Gasteiger partial charge < -0.3 is 20.3 Å². The third kappa shape index (κ3) is 6.25. The van der Waals surface area contributed by atoms with Gasteiger partial charge in [0.2, 0.25) is 0 Å². The van der Waals surface area contributed by atoms with Crippen LogP contribution in [0.15, 0.2) is 0 Å². The number of hydrogen-bond acceptors (Lipinski definition) is 4. The van der Waals surface area contributed by atoms with Crippen molar-refractivity contribution >= 4 is 6.09 Å². The second-order valence-corrected chi connectivity index (χ2v) is 8.69. The van der Waals surface area contributed by atoms with Crippen LogP contribution in [0.5, 0.6) is 0 Å². The zero-order chi connectivity index (χ0) is 17.7. The highest BCUT2D eigenvalue weighted by Crippen LogP contribution is 2.21. The summed E-state index contributed by atoms with van der Waals surface area (Å²) >= 11 is 0.